The molecule has 0 radical (unpaired) electrons. The quantitative estimate of drug-likeness (QED) is 0.357. The maximum absolute atomic E-state index is 13.1. The van der Waals surface area contributed by atoms with E-state index in [4.69, 9.17) is 4.74 Å². The Morgan fingerprint density at radius 3 is 2.31 bits per heavy atom. The second-order valence-corrected chi connectivity index (χ2v) is 11.3. The summed E-state index contributed by atoms with van der Waals surface area (Å²) in [7, 11) is 2.07. The molecule has 3 fully saturated rings. The highest BCUT2D eigenvalue weighted by Gasteiger charge is 2.46. The Balaban J connectivity index is 0.000000612. The number of piperidine rings is 2. The molecular formula is C30H38FN5O6. The van der Waals surface area contributed by atoms with Crippen molar-refractivity contribution in [2.75, 3.05) is 39.8 Å². The number of ketones is 1. The van der Waals surface area contributed by atoms with E-state index in [1.54, 1.807) is 23.6 Å². The van der Waals surface area contributed by atoms with Crippen LogP contribution in [0.15, 0.2) is 36.7 Å². The molecule has 1 aromatic heterocycles. The van der Waals surface area contributed by atoms with Crippen molar-refractivity contribution in [1.82, 2.24) is 24.7 Å². The third kappa shape index (κ3) is 7.87. The molecule has 42 heavy (non-hydrogen) atoms. The molecule has 0 saturated carbocycles. The number of ether oxygens (including phenoxy) is 2. The van der Waals surface area contributed by atoms with Crippen LogP contribution in [0, 0.1) is 11.7 Å². The van der Waals surface area contributed by atoms with E-state index in [0.717, 1.165) is 25.9 Å². The third-order valence-electron chi connectivity index (χ3n) is 7.83. The number of amides is 2. The minimum Gasteiger partial charge on any atom is -0.465 e. The number of benzene rings is 1. The summed E-state index contributed by atoms with van der Waals surface area (Å²) < 4.78 is 23.2. The summed E-state index contributed by atoms with van der Waals surface area (Å²) in [5.41, 5.74) is 0.901. The van der Waals surface area contributed by atoms with Gasteiger partial charge in [0, 0.05) is 50.5 Å². The van der Waals surface area contributed by atoms with Crippen molar-refractivity contribution >= 4 is 24.3 Å². The van der Waals surface area contributed by atoms with Crippen LogP contribution in [0.4, 0.5) is 9.18 Å². The molecule has 0 atom stereocenters. The average Bonchev–Trinajstić information content (AvgIpc) is 3.29. The molecule has 1 spiro atoms. The molecule has 0 N–H and O–H groups in total. The number of carbonyl (C=O) groups is 4. The molecule has 226 valence electrons. The summed E-state index contributed by atoms with van der Waals surface area (Å²) in [6.45, 7) is 7.55. The maximum atomic E-state index is 13.1. The second kappa shape index (κ2) is 13.8. The largest absolute Gasteiger partial charge is 0.465 e. The van der Waals surface area contributed by atoms with E-state index in [-0.39, 0.29) is 47.9 Å². The van der Waals surface area contributed by atoms with Gasteiger partial charge in [0.05, 0.1) is 37.3 Å². The average molecular weight is 584 g/mol. The number of aromatic nitrogens is 2. The van der Waals surface area contributed by atoms with Gasteiger partial charge in [-0.05, 0) is 58.0 Å². The van der Waals surface area contributed by atoms with E-state index in [9.17, 15) is 23.6 Å². The highest BCUT2D eigenvalue weighted by molar-refractivity contribution is 5.98. The Kier molecular flexibility index (Phi) is 10.2. The van der Waals surface area contributed by atoms with E-state index < -0.39 is 5.60 Å². The van der Waals surface area contributed by atoms with Crippen molar-refractivity contribution < 1.29 is 33.0 Å². The number of likely N-dealkylation sites (tertiary alicyclic amines) is 2. The number of rotatable bonds is 7. The van der Waals surface area contributed by atoms with Crippen LogP contribution >= 0.6 is 0 Å². The monoisotopic (exact) mass is 583 g/mol. The third-order valence-corrected chi connectivity index (χ3v) is 7.83. The summed E-state index contributed by atoms with van der Waals surface area (Å²) in [5, 5.41) is 0. The van der Waals surface area contributed by atoms with Crippen LogP contribution in [0.5, 0.6) is 0 Å². The first-order chi connectivity index (χ1) is 20.1. The van der Waals surface area contributed by atoms with Crippen molar-refractivity contribution in [1.29, 1.82) is 0 Å². The van der Waals surface area contributed by atoms with Gasteiger partial charge in [0.25, 0.3) is 12.4 Å². The van der Waals surface area contributed by atoms with E-state index in [1.807, 2.05) is 0 Å². The van der Waals surface area contributed by atoms with Crippen LogP contribution in [0.3, 0.4) is 0 Å². The fourth-order valence-electron chi connectivity index (χ4n) is 5.31. The predicted octanol–water partition coefficient (Wildman–Crippen LogP) is 3.34. The number of Topliss-reactive ketones (excluding diaryl/α,β-unsaturated/α-hetero) is 1. The zero-order valence-electron chi connectivity index (χ0n) is 24.3. The first-order valence-electron chi connectivity index (χ1n) is 14.2. The molecule has 3 aliphatic rings. The van der Waals surface area contributed by atoms with Crippen molar-refractivity contribution in [2.24, 2.45) is 5.92 Å². The van der Waals surface area contributed by atoms with Gasteiger partial charge in [-0.1, -0.05) is 0 Å². The second-order valence-electron chi connectivity index (χ2n) is 11.3. The minimum atomic E-state index is -0.420. The molecule has 3 saturated heterocycles. The van der Waals surface area contributed by atoms with Gasteiger partial charge in [-0.25, -0.2) is 14.2 Å². The Hall–Kier alpha value is -3.93. The maximum Gasteiger partial charge on any atom is 0.410 e. The summed E-state index contributed by atoms with van der Waals surface area (Å²) in [6, 6.07) is 5.57. The molecule has 12 heteroatoms. The van der Waals surface area contributed by atoms with Gasteiger partial charge in [0.2, 0.25) is 0 Å². The molecule has 2 amide bonds. The molecule has 5 rings (SSSR count). The summed E-state index contributed by atoms with van der Waals surface area (Å²) >= 11 is 0. The number of halogens is 1. The first kappa shape index (κ1) is 31.0. The van der Waals surface area contributed by atoms with Gasteiger partial charge in [-0.2, -0.15) is 0 Å². The standard InChI is InChI=1S/C26H30FN5O4.C4H8O2/c1-30-12-8-26(9-13-30)17-32(25(35)36-26)16-21-14-29-22(15-28-21)24(34)31-10-6-19(7-11-31)23(33)18-2-4-20(27)5-3-18;1-4(2)6-3-5/h2-5,14-15,19H,6-13,16-17H2,1H3;3-4H,1-2H3. The lowest BCUT2D eigenvalue weighted by atomic mass is 9.89. The van der Waals surface area contributed by atoms with Crippen LogP contribution in [-0.2, 0) is 20.8 Å². The zero-order chi connectivity index (χ0) is 30.3. The van der Waals surface area contributed by atoms with Crippen molar-refractivity contribution in [2.45, 2.75) is 57.8 Å². The highest BCUT2D eigenvalue weighted by atomic mass is 19.1. The molecular weight excluding hydrogens is 545 g/mol. The molecule has 2 aromatic rings. The number of nitrogens with zero attached hydrogens (tertiary/aromatic N) is 5. The van der Waals surface area contributed by atoms with Crippen molar-refractivity contribution in [3.8, 4) is 0 Å². The van der Waals surface area contributed by atoms with Gasteiger partial charge in [0.1, 0.15) is 17.1 Å². The predicted molar refractivity (Wildman–Crippen MR) is 150 cm³/mol. The topological polar surface area (TPSA) is 122 Å². The summed E-state index contributed by atoms with van der Waals surface area (Å²) in [5.74, 6) is -0.817. The molecule has 0 unspecified atom stereocenters. The summed E-state index contributed by atoms with van der Waals surface area (Å²) in [4.78, 5) is 61.7. The SMILES string of the molecule is CC(C)OC=O.CN1CCC2(CC1)CN(Cc1cnc(C(=O)N3CCC(C(=O)c4ccc(F)cc4)CC3)cn1)C(=O)O2. The Morgan fingerprint density at radius 1 is 1.10 bits per heavy atom. The van der Waals surface area contributed by atoms with Crippen LogP contribution < -0.4 is 0 Å². The van der Waals surface area contributed by atoms with Gasteiger partial charge in [-0.15, -0.1) is 0 Å². The summed E-state index contributed by atoms with van der Waals surface area (Å²) in [6.07, 6.45) is 5.39. The van der Waals surface area contributed by atoms with Crippen LogP contribution in [-0.4, -0.2) is 100 Å². The fourth-order valence-corrected chi connectivity index (χ4v) is 5.31. The van der Waals surface area contributed by atoms with Crippen LogP contribution in [0.2, 0.25) is 0 Å². The fraction of sp³-hybridized carbons (Fsp3) is 0.533. The number of hydrogen-bond acceptors (Lipinski definition) is 9. The lowest BCUT2D eigenvalue weighted by molar-refractivity contribution is -0.131. The highest BCUT2D eigenvalue weighted by Crippen LogP contribution is 2.33. The lowest BCUT2D eigenvalue weighted by Gasteiger charge is -2.35. The van der Waals surface area contributed by atoms with Crippen LogP contribution in [0.1, 0.15) is 66.1 Å². The normalized spacial score (nSPS) is 18.8. The van der Waals surface area contributed by atoms with Gasteiger partial charge in [0.15, 0.2) is 5.78 Å². The molecule has 0 bridgehead atoms. The van der Waals surface area contributed by atoms with Crippen molar-refractivity contribution in [3.63, 3.8) is 0 Å². The Labute approximate surface area is 245 Å². The molecule has 1 aromatic carbocycles. The lowest BCUT2D eigenvalue weighted by Crippen LogP contribution is -2.45. The zero-order valence-corrected chi connectivity index (χ0v) is 24.3. The van der Waals surface area contributed by atoms with Crippen LogP contribution in [0.25, 0.3) is 0 Å². The van der Waals surface area contributed by atoms with E-state index >= 15 is 0 Å². The Morgan fingerprint density at radius 2 is 1.76 bits per heavy atom. The molecule has 0 aliphatic carbocycles. The molecule has 4 heterocycles. The minimum absolute atomic E-state index is 0.0197. The van der Waals surface area contributed by atoms with Gasteiger partial charge < -0.3 is 19.3 Å². The Bertz CT molecular complexity index is 1240. The number of carbonyl (C=O) groups excluding carboxylic acids is 4. The van der Waals surface area contributed by atoms with Gasteiger partial charge >= 0.3 is 6.09 Å². The van der Waals surface area contributed by atoms with E-state index in [0.29, 0.717) is 50.2 Å². The van der Waals surface area contributed by atoms with E-state index in [1.165, 1.54) is 36.7 Å². The molecule has 11 nitrogen and oxygen atoms in total. The van der Waals surface area contributed by atoms with E-state index in [2.05, 4.69) is 26.7 Å². The number of hydrogen-bond donors (Lipinski definition) is 0. The first-order valence-corrected chi connectivity index (χ1v) is 14.2. The van der Waals surface area contributed by atoms with Crippen molar-refractivity contribution in [3.05, 3.63) is 59.4 Å². The van der Waals surface area contributed by atoms with Gasteiger partial charge in [-0.3, -0.25) is 24.3 Å². The smallest absolute Gasteiger partial charge is 0.410 e. The molecule has 3 aliphatic heterocycles.